The van der Waals surface area contributed by atoms with Gasteiger partial charge in [0.05, 0.1) is 0 Å². The first-order valence-corrected chi connectivity index (χ1v) is 11.4. The molecule has 0 aliphatic heterocycles. The molecule has 0 nitrogen and oxygen atoms in total. The first-order valence-electron chi connectivity index (χ1n) is 6.65. The minimum absolute atomic E-state index is 0.736. The van der Waals surface area contributed by atoms with E-state index in [1.165, 1.54) is 6.92 Å². The van der Waals surface area contributed by atoms with Crippen molar-refractivity contribution in [2.75, 3.05) is 0 Å². The Morgan fingerprint density at radius 2 is 1.88 bits per heavy atom. The molecule has 50 valence electrons. The van der Waals surface area contributed by atoms with Gasteiger partial charge in [-0.1, -0.05) is 0 Å². The molecule has 0 aromatic heterocycles. The van der Waals surface area contributed by atoms with Crippen molar-refractivity contribution in [1.82, 2.24) is 0 Å². The van der Waals surface area contributed by atoms with Gasteiger partial charge in [0.15, 0.2) is 0 Å². The van der Waals surface area contributed by atoms with Gasteiger partial charge in [-0.25, -0.2) is 0 Å². The van der Waals surface area contributed by atoms with Gasteiger partial charge in [-0.15, -0.1) is 0 Å². The maximum atomic E-state index is 8.07. The molecule has 0 saturated heterocycles. The molecule has 1 unspecified atom stereocenters. The van der Waals surface area contributed by atoms with Crippen molar-refractivity contribution in [3.63, 3.8) is 0 Å². The van der Waals surface area contributed by atoms with Crippen LogP contribution in [0.5, 0.6) is 0 Å². The first kappa shape index (κ1) is 2.30. The van der Waals surface area contributed by atoms with Gasteiger partial charge in [0.25, 0.3) is 0 Å². The molecule has 0 aromatic rings. The van der Waals surface area contributed by atoms with Crippen molar-refractivity contribution in [2.45, 2.75) is 33.4 Å². The molecule has 0 heterocycles. The van der Waals surface area contributed by atoms with Crippen LogP contribution >= 0.6 is 0 Å². The number of rotatable bonds is 2. The molecule has 1 atom stereocenters. The Morgan fingerprint density at radius 1 is 1.38 bits per heavy atom. The summed E-state index contributed by atoms with van der Waals surface area (Å²) in [4.78, 5) is 0. The Kier molecular flexibility index (Phi) is 1.15. The fourth-order valence-corrected chi connectivity index (χ4v) is 7.79. The van der Waals surface area contributed by atoms with Gasteiger partial charge in [0.2, 0.25) is 0 Å². The van der Waals surface area contributed by atoms with Crippen LogP contribution in [0.15, 0.2) is 0 Å². The Hall–Kier alpha value is 1.09. The Morgan fingerprint density at radius 3 is 2.00 bits per heavy atom. The summed E-state index contributed by atoms with van der Waals surface area (Å²) in [6, 6.07) is 0. The van der Waals surface area contributed by atoms with Crippen LogP contribution in [-0.4, -0.2) is 30.3 Å². The van der Waals surface area contributed by atoms with E-state index < -0.39 is 43.4 Å². The van der Waals surface area contributed by atoms with E-state index in [2.05, 4.69) is 0 Å². The summed E-state index contributed by atoms with van der Waals surface area (Å²) < 4.78 is 59.5. The summed E-state index contributed by atoms with van der Waals surface area (Å²) in [5.74, 6) is 3.30. The summed E-state index contributed by atoms with van der Waals surface area (Å²) in [5, 5.41) is 0. The molecule has 0 radical (unpaired) electrons. The fourth-order valence-electron chi connectivity index (χ4n) is 0.289. The van der Waals surface area contributed by atoms with Crippen molar-refractivity contribution in [1.29, 1.82) is 1.85 Å². The third kappa shape index (κ3) is 3.18. The SMILES string of the molecule is [2H][C]([2H])([2H])[Ge]([2H])([CH](C)[Ge]([2H])([CH3])[CH3])[C]([2H])([2H])[2H]. The van der Waals surface area contributed by atoms with Crippen molar-refractivity contribution in [3.05, 3.63) is 0 Å². The van der Waals surface area contributed by atoms with Gasteiger partial charge in [-0.05, 0) is 0 Å². The normalized spacial score (nSPS) is 35.9. The van der Waals surface area contributed by atoms with Crippen LogP contribution in [0.3, 0.4) is 0 Å². The molecule has 0 rings (SSSR count). The Labute approximate surface area is 72.4 Å². The summed E-state index contributed by atoms with van der Waals surface area (Å²) in [7, 11) is 0. The monoisotopic (exact) mass is 246 g/mol. The zero-order chi connectivity index (χ0) is 13.6. The van der Waals surface area contributed by atoms with Crippen molar-refractivity contribution >= 4 is 28.4 Å². The van der Waals surface area contributed by atoms with Crippen LogP contribution in [-0.2, 0) is 0 Å². The predicted molar refractivity (Wildman–Crippen MR) is 47.2 cm³/mol. The molecule has 0 fully saturated rings. The van der Waals surface area contributed by atoms with E-state index in [1.807, 2.05) is 0 Å². The Balaban J connectivity index is 5.63. The molecule has 0 aromatic carbocycles. The second-order valence-corrected chi connectivity index (χ2v) is 14.6. The average molecular weight is 243 g/mol. The summed E-state index contributed by atoms with van der Waals surface area (Å²) in [6.07, 6.45) is 0. The van der Waals surface area contributed by atoms with E-state index in [1.54, 1.807) is 11.5 Å². The molecule has 0 bridgehead atoms. The molecular formula is C6H18Ge2. The zero-order valence-electron chi connectivity index (χ0n) is 13.6. The number of hydrogen-bond donors (Lipinski definition) is 0. The Bertz CT molecular complexity index is 235. The predicted octanol–water partition coefficient (Wildman–Crippen LogP) is 1.89. The molecule has 8 heavy (non-hydrogen) atoms. The molecule has 0 spiro atoms. The van der Waals surface area contributed by atoms with E-state index in [9.17, 15) is 0 Å². The van der Waals surface area contributed by atoms with E-state index in [0.717, 1.165) is 0 Å². The molecule has 0 aliphatic carbocycles. The van der Waals surface area contributed by atoms with E-state index >= 15 is 0 Å². The van der Waals surface area contributed by atoms with Crippen molar-refractivity contribution in [3.8, 4) is 0 Å². The van der Waals surface area contributed by atoms with Crippen LogP contribution in [0.4, 0.5) is 0 Å². The second-order valence-electron chi connectivity index (χ2n) is 2.21. The second kappa shape index (κ2) is 3.99. The fraction of sp³-hybridized carbons (Fsp3) is 1.00. The molecule has 2 heteroatoms. The maximum absolute atomic E-state index is 8.07. The van der Waals surface area contributed by atoms with E-state index in [-0.39, 0.29) is 0 Å². The van der Waals surface area contributed by atoms with Crippen LogP contribution in [0.2, 0.25) is 26.5 Å². The van der Waals surface area contributed by atoms with Gasteiger partial charge < -0.3 is 0 Å². The molecule has 0 saturated carbocycles. The van der Waals surface area contributed by atoms with Crippen LogP contribution in [0.25, 0.3) is 0 Å². The summed E-state index contributed by atoms with van der Waals surface area (Å²) in [6.45, 7) is 1.50. The van der Waals surface area contributed by atoms with Gasteiger partial charge in [0, 0.05) is 0 Å². The van der Waals surface area contributed by atoms with Gasteiger partial charge in [-0.3, -0.25) is 0 Å². The van der Waals surface area contributed by atoms with Crippen LogP contribution in [0.1, 0.15) is 15.1 Å². The van der Waals surface area contributed by atoms with E-state index in [0.29, 0.717) is 0 Å². The summed E-state index contributed by atoms with van der Waals surface area (Å²) >= 11 is -8.05. The third-order valence-corrected chi connectivity index (χ3v) is 16.2. The minimum atomic E-state index is -4.84. The van der Waals surface area contributed by atoms with Crippen LogP contribution in [0, 0.1) is 0 Å². The van der Waals surface area contributed by atoms with Gasteiger partial charge >= 0.3 is 71.9 Å². The van der Waals surface area contributed by atoms with Crippen molar-refractivity contribution in [2.24, 2.45) is 0 Å². The molecule has 0 aliphatic rings. The standard InChI is InChI=1S/C6H18Ge2/c1-6(7(2)3)8(4)5/h6-8H,1-5H3/i2D3,3D3,7D,8D. The first-order chi connectivity index (χ1) is 6.65. The van der Waals surface area contributed by atoms with Crippen LogP contribution < -0.4 is 0 Å². The molecule has 0 amide bonds. The molecule has 0 N–H and O–H groups in total. The van der Waals surface area contributed by atoms with Crippen molar-refractivity contribution < 1.29 is 8.22 Å². The zero-order valence-corrected chi connectivity index (χ0v) is 9.77. The van der Waals surface area contributed by atoms with Gasteiger partial charge in [0.1, 0.15) is 0 Å². The number of hydrogen-bond acceptors (Lipinski definition) is 0. The van der Waals surface area contributed by atoms with Gasteiger partial charge in [-0.2, -0.15) is 0 Å². The van der Waals surface area contributed by atoms with E-state index in [4.69, 9.17) is 10.1 Å². The third-order valence-electron chi connectivity index (χ3n) is 1.30. The average Bonchev–Trinajstić information content (AvgIpc) is 1.95. The quantitative estimate of drug-likeness (QED) is 0.650. The topological polar surface area (TPSA) is 0 Å². The summed E-state index contributed by atoms with van der Waals surface area (Å²) in [5.41, 5.74) is -5.43. The molecular weight excluding hydrogens is 217 g/mol.